The first-order chi connectivity index (χ1) is 9.20. The van der Waals surface area contributed by atoms with E-state index in [1.807, 2.05) is 0 Å². The summed E-state index contributed by atoms with van der Waals surface area (Å²) in [6, 6.07) is 6.22. The molecule has 1 atom stereocenters. The first-order valence-corrected chi connectivity index (χ1v) is 6.37. The number of aromatic nitrogens is 2. The number of rotatable bonds is 2. The lowest BCUT2D eigenvalue weighted by Gasteiger charge is -2.06. The maximum absolute atomic E-state index is 13.3. The lowest BCUT2D eigenvalue weighted by molar-refractivity contribution is 0.233. The van der Waals surface area contributed by atoms with Crippen LogP contribution in [0, 0.1) is 18.2 Å². The van der Waals surface area contributed by atoms with E-state index in [2.05, 4.69) is 10.9 Å². The van der Waals surface area contributed by atoms with Gasteiger partial charge in [-0.2, -0.15) is 0 Å². The first-order valence-electron chi connectivity index (χ1n) is 5.55. The van der Waals surface area contributed by atoms with E-state index in [1.54, 1.807) is 29.1 Å². The third kappa shape index (κ3) is 1.91. The maximum Gasteiger partial charge on any atom is 0.156 e. The number of benzene rings is 1. The molecule has 0 aliphatic heterocycles. The number of hydrogen-bond acceptors (Lipinski definition) is 3. The number of imidazole rings is 1. The van der Waals surface area contributed by atoms with Gasteiger partial charge in [-0.15, -0.1) is 17.8 Å². The normalized spacial score (nSPS) is 12.5. The number of halogens is 1. The molecule has 3 nitrogen and oxygen atoms in total. The van der Waals surface area contributed by atoms with Crippen LogP contribution >= 0.6 is 11.3 Å². The summed E-state index contributed by atoms with van der Waals surface area (Å²) in [5.41, 5.74) is 1.24. The molecule has 5 heteroatoms. The summed E-state index contributed by atoms with van der Waals surface area (Å²) < 4.78 is 15.1. The lowest BCUT2D eigenvalue weighted by Crippen LogP contribution is -1.99. The summed E-state index contributed by atoms with van der Waals surface area (Å²) in [7, 11) is 0. The molecule has 1 N–H and O–H groups in total. The topological polar surface area (TPSA) is 37.5 Å². The average Bonchev–Trinajstić information content (AvgIpc) is 2.97. The van der Waals surface area contributed by atoms with Crippen molar-refractivity contribution in [2.75, 3.05) is 0 Å². The Morgan fingerprint density at radius 2 is 2.32 bits per heavy atom. The predicted octanol–water partition coefficient (Wildman–Crippen LogP) is 2.87. The Morgan fingerprint density at radius 3 is 3.05 bits per heavy atom. The number of nitrogens with zero attached hydrogens (tertiary/aromatic N) is 2. The molecule has 0 amide bonds. The molecule has 0 fully saturated rings. The van der Waals surface area contributed by atoms with Gasteiger partial charge in [-0.3, -0.25) is 4.40 Å². The average molecular weight is 272 g/mol. The van der Waals surface area contributed by atoms with Gasteiger partial charge in [0.1, 0.15) is 17.0 Å². The van der Waals surface area contributed by atoms with E-state index in [1.165, 1.54) is 23.5 Å². The van der Waals surface area contributed by atoms with Gasteiger partial charge < -0.3 is 5.11 Å². The molecule has 0 spiro atoms. The molecule has 19 heavy (non-hydrogen) atoms. The highest BCUT2D eigenvalue weighted by atomic mass is 32.1. The van der Waals surface area contributed by atoms with Crippen LogP contribution in [0.25, 0.3) is 15.3 Å². The van der Waals surface area contributed by atoms with Crippen LogP contribution in [0.1, 0.15) is 11.8 Å². The van der Waals surface area contributed by atoms with Gasteiger partial charge in [0.15, 0.2) is 6.10 Å². The Kier molecular flexibility index (Phi) is 2.82. The van der Waals surface area contributed by atoms with Crippen molar-refractivity contribution in [3.8, 4) is 22.8 Å². The monoisotopic (exact) mass is 272 g/mol. The highest BCUT2D eigenvalue weighted by Crippen LogP contribution is 2.36. The van der Waals surface area contributed by atoms with Crippen molar-refractivity contribution in [3.63, 3.8) is 0 Å². The standard InChI is InChI=1S/C14H9FN2OS/c1-2-11(18)13-14(9-4-3-5-10(15)6-9)19-12-7-16-8-17(12)13/h1,3-8,11,18H. The fourth-order valence-corrected chi connectivity index (χ4v) is 3.10. The van der Waals surface area contributed by atoms with Gasteiger partial charge >= 0.3 is 0 Å². The second-order valence-electron chi connectivity index (χ2n) is 4.00. The van der Waals surface area contributed by atoms with Crippen LogP contribution in [0.5, 0.6) is 0 Å². The molecule has 3 aromatic rings. The number of thiazole rings is 1. The Morgan fingerprint density at radius 1 is 1.47 bits per heavy atom. The van der Waals surface area contributed by atoms with E-state index >= 15 is 0 Å². The highest BCUT2D eigenvalue weighted by molar-refractivity contribution is 7.20. The maximum atomic E-state index is 13.3. The van der Waals surface area contributed by atoms with Crippen LogP contribution in [-0.4, -0.2) is 14.5 Å². The largest absolute Gasteiger partial charge is 0.374 e. The zero-order chi connectivity index (χ0) is 13.4. The van der Waals surface area contributed by atoms with E-state index in [9.17, 15) is 9.50 Å². The molecule has 0 saturated carbocycles. The molecule has 0 aliphatic carbocycles. The van der Waals surface area contributed by atoms with Gasteiger partial charge in [0.25, 0.3) is 0 Å². The van der Waals surface area contributed by atoms with E-state index in [-0.39, 0.29) is 5.82 Å². The second kappa shape index (κ2) is 4.50. The Labute approximate surface area is 113 Å². The van der Waals surface area contributed by atoms with Crippen LogP contribution in [0.3, 0.4) is 0 Å². The van der Waals surface area contributed by atoms with Gasteiger partial charge in [-0.25, -0.2) is 9.37 Å². The second-order valence-corrected chi connectivity index (χ2v) is 5.03. The highest BCUT2D eigenvalue weighted by Gasteiger charge is 2.19. The minimum Gasteiger partial charge on any atom is -0.374 e. The van der Waals surface area contributed by atoms with Crippen molar-refractivity contribution in [1.82, 2.24) is 9.38 Å². The molecule has 1 unspecified atom stereocenters. The van der Waals surface area contributed by atoms with E-state index < -0.39 is 6.10 Å². The minimum absolute atomic E-state index is 0.324. The van der Waals surface area contributed by atoms with E-state index in [4.69, 9.17) is 6.42 Å². The Hall–Kier alpha value is -2.16. The SMILES string of the molecule is C#CC(O)c1c(-c2cccc(F)c2)sc2cncn12. The fraction of sp³-hybridized carbons (Fsp3) is 0.0714. The molecule has 0 aliphatic rings. The molecule has 1 aromatic carbocycles. The Bertz CT molecular complexity index is 784. The van der Waals surface area contributed by atoms with Crippen LogP contribution in [0.2, 0.25) is 0 Å². The van der Waals surface area contributed by atoms with Crippen molar-refractivity contribution in [2.45, 2.75) is 6.10 Å². The third-order valence-electron chi connectivity index (χ3n) is 2.81. The number of terminal acetylenes is 1. The fourth-order valence-electron chi connectivity index (χ4n) is 1.98. The molecule has 94 valence electrons. The molecule has 0 saturated heterocycles. The number of hydrogen-bond donors (Lipinski definition) is 1. The summed E-state index contributed by atoms with van der Waals surface area (Å²) in [6.45, 7) is 0. The molecular formula is C14H9FN2OS. The predicted molar refractivity (Wildman–Crippen MR) is 72.3 cm³/mol. The molecule has 3 rings (SSSR count). The van der Waals surface area contributed by atoms with E-state index in [0.29, 0.717) is 11.3 Å². The van der Waals surface area contributed by atoms with Gasteiger partial charge in [0.2, 0.25) is 0 Å². The van der Waals surface area contributed by atoms with Crippen molar-refractivity contribution in [3.05, 3.63) is 48.3 Å². The van der Waals surface area contributed by atoms with Gasteiger partial charge in [-0.05, 0) is 17.7 Å². The zero-order valence-corrected chi connectivity index (χ0v) is 10.6. The van der Waals surface area contributed by atoms with Crippen molar-refractivity contribution < 1.29 is 9.50 Å². The number of fused-ring (bicyclic) bond motifs is 1. The zero-order valence-electron chi connectivity index (χ0n) is 9.75. The molecule has 0 bridgehead atoms. The lowest BCUT2D eigenvalue weighted by atomic mass is 10.1. The van der Waals surface area contributed by atoms with E-state index in [0.717, 1.165) is 9.71 Å². The van der Waals surface area contributed by atoms with Crippen molar-refractivity contribution in [2.24, 2.45) is 0 Å². The van der Waals surface area contributed by atoms with Gasteiger partial charge in [0, 0.05) is 0 Å². The van der Waals surface area contributed by atoms with Crippen LogP contribution < -0.4 is 0 Å². The van der Waals surface area contributed by atoms with Crippen molar-refractivity contribution in [1.29, 1.82) is 0 Å². The van der Waals surface area contributed by atoms with Gasteiger partial charge in [0.05, 0.1) is 16.8 Å². The number of aliphatic hydroxyl groups is 1. The van der Waals surface area contributed by atoms with Gasteiger partial charge in [-0.1, -0.05) is 18.1 Å². The molecule has 2 aromatic heterocycles. The number of aliphatic hydroxyl groups excluding tert-OH is 1. The Balaban J connectivity index is 2.29. The van der Waals surface area contributed by atoms with Crippen LogP contribution in [-0.2, 0) is 0 Å². The van der Waals surface area contributed by atoms with Crippen LogP contribution in [0.15, 0.2) is 36.8 Å². The summed E-state index contributed by atoms with van der Waals surface area (Å²) in [5.74, 6) is 1.97. The third-order valence-corrected chi connectivity index (χ3v) is 3.97. The molecule has 2 heterocycles. The summed E-state index contributed by atoms with van der Waals surface area (Å²) in [6.07, 6.45) is 7.51. The summed E-state index contributed by atoms with van der Waals surface area (Å²) in [5, 5.41) is 9.97. The molecule has 0 radical (unpaired) electrons. The molecular weight excluding hydrogens is 263 g/mol. The first kappa shape index (κ1) is 11.9. The van der Waals surface area contributed by atoms with Crippen LogP contribution in [0.4, 0.5) is 4.39 Å². The minimum atomic E-state index is -1.05. The smallest absolute Gasteiger partial charge is 0.156 e. The van der Waals surface area contributed by atoms with Crippen molar-refractivity contribution >= 4 is 16.2 Å². The summed E-state index contributed by atoms with van der Waals surface area (Å²) in [4.78, 5) is 5.61. The quantitative estimate of drug-likeness (QED) is 0.728. The summed E-state index contributed by atoms with van der Waals surface area (Å²) >= 11 is 1.41.